The van der Waals surface area contributed by atoms with Crippen molar-refractivity contribution in [3.05, 3.63) is 0 Å². The maximum Gasteiger partial charge on any atom is 0.0577 e. The van der Waals surface area contributed by atoms with Gasteiger partial charge in [-0.05, 0) is 97.7 Å². The molecule has 2 N–H and O–H groups in total. The summed E-state index contributed by atoms with van der Waals surface area (Å²) in [7, 11) is 0. The molecule has 25 heavy (non-hydrogen) atoms. The zero-order valence-electron chi connectivity index (χ0n) is 16.9. The van der Waals surface area contributed by atoms with Crippen LogP contribution < -0.4 is 0 Å². The van der Waals surface area contributed by atoms with Crippen molar-refractivity contribution in [2.24, 2.45) is 46.3 Å². The fourth-order valence-corrected chi connectivity index (χ4v) is 8.46. The highest BCUT2D eigenvalue weighted by atomic mass is 16.3. The van der Waals surface area contributed by atoms with Gasteiger partial charge in [-0.1, -0.05) is 34.1 Å². The third-order valence-corrected chi connectivity index (χ3v) is 10.1. The standard InChI is InChI=1S/C23H40O2/c1-5-14(2)17-6-7-18-21-19(9-11-23(17,18)4)22(3)10-8-16(24)12-15(22)13-20(21)25/h14-21,24-25H,5-13H2,1-4H3/t14?,15-,16?,17+,18?,19?,20-,21-,22-,23+/m0/s1. The van der Waals surface area contributed by atoms with Gasteiger partial charge in [0.15, 0.2) is 0 Å². The minimum Gasteiger partial charge on any atom is -0.393 e. The molecule has 4 rings (SSSR count). The van der Waals surface area contributed by atoms with Gasteiger partial charge in [0.1, 0.15) is 0 Å². The summed E-state index contributed by atoms with van der Waals surface area (Å²) < 4.78 is 0. The minimum atomic E-state index is -0.131. The average Bonchev–Trinajstić information content (AvgIpc) is 2.93. The smallest absolute Gasteiger partial charge is 0.0577 e. The van der Waals surface area contributed by atoms with E-state index in [1.807, 2.05) is 0 Å². The Labute approximate surface area is 154 Å². The Morgan fingerprint density at radius 3 is 2.32 bits per heavy atom. The molecule has 4 saturated carbocycles. The summed E-state index contributed by atoms with van der Waals surface area (Å²) in [6.07, 6.45) is 10.4. The van der Waals surface area contributed by atoms with Gasteiger partial charge in [-0.15, -0.1) is 0 Å². The van der Waals surface area contributed by atoms with Crippen molar-refractivity contribution in [2.75, 3.05) is 0 Å². The van der Waals surface area contributed by atoms with Gasteiger partial charge in [-0.25, -0.2) is 0 Å². The average molecular weight is 349 g/mol. The monoisotopic (exact) mass is 348 g/mol. The zero-order chi connectivity index (χ0) is 18.0. The molecule has 4 fully saturated rings. The van der Waals surface area contributed by atoms with Crippen LogP contribution in [0.3, 0.4) is 0 Å². The SMILES string of the molecule is CCC(C)[C@H]1CCC2[C@H]3C(CC[C@@]21C)[C@@]1(C)CCC(O)C[C@H]1C[C@@H]3O. The Balaban J connectivity index is 1.63. The first kappa shape index (κ1) is 18.3. The second-order valence-corrected chi connectivity index (χ2v) is 10.8. The topological polar surface area (TPSA) is 40.5 Å². The van der Waals surface area contributed by atoms with E-state index in [4.69, 9.17) is 0 Å². The quantitative estimate of drug-likeness (QED) is 0.735. The van der Waals surface area contributed by atoms with E-state index < -0.39 is 0 Å². The molecule has 0 aromatic rings. The molecule has 10 atom stereocenters. The van der Waals surface area contributed by atoms with Crippen molar-refractivity contribution in [1.82, 2.24) is 0 Å². The maximum atomic E-state index is 11.2. The van der Waals surface area contributed by atoms with E-state index >= 15 is 0 Å². The maximum absolute atomic E-state index is 11.2. The highest BCUT2D eigenvalue weighted by molar-refractivity contribution is 5.11. The molecule has 0 aromatic carbocycles. The third-order valence-electron chi connectivity index (χ3n) is 10.1. The van der Waals surface area contributed by atoms with Crippen LogP contribution in [0.4, 0.5) is 0 Å². The van der Waals surface area contributed by atoms with Gasteiger partial charge in [0.2, 0.25) is 0 Å². The fourth-order valence-electron chi connectivity index (χ4n) is 8.46. The molecule has 0 bridgehead atoms. The number of hydrogen-bond acceptors (Lipinski definition) is 2. The van der Waals surface area contributed by atoms with Crippen LogP contribution in [-0.4, -0.2) is 22.4 Å². The molecule has 4 aliphatic carbocycles. The molecule has 2 heteroatoms. The Morgan fingerprint density at radius 2 is 1.60 bits per heavy atom. The molecule has 0 aliphatic heterocycles. The normalized spacial score (nSPS) is 56.6. The van der Waals surface area contributed by atoms with Crippen LogP contribution in [0.5, 0.6) is 0 Å². The zero-order valence-corrected chi connectivity index (χ0v) is 16.9. The number of aliphatic hydroxyl groups is 2. The number of hydrogen-bond donors (Lipinski definition) is 2. The van der Waals surface area contributed by atoms with E-state index in [0.717, 1.165) is 37.0 Å². The van der Waals surface area contributed by atoms with E-state index in [2.05, 4.69) is 27.7 Å². The fraction of sp³-hybridized carbons (Fsp3) is 1.00. The molecule has 2 nitrogen and oxygen atoms in total. The van der Waals surface area contributed by atoms with Gasteiger partial charge in [0.25, 0.3) is 0 Å². The Kier molecular flexibility index (Phi) is 4.56. The molecule has 0 radical (unpaired) electrons. The van der Waals surface area contributed by atoms with Crippen LogP contribution in [0.25, 0.3) is 0 Å². The third kappa shape index (κ3) is 2.57. The van der Waals surface area contributed by atoms with E-state index in [-0.39, 0.29) is 12.2 Å². The molecule has 0 heterocycles. The number of fused-ring (bicyclic) bond motifs is 5. The largest absolute Gasteiger partial charge is 0.393 e. The molecule has 144 valence electrons. The van der Waals surface area contributed by atoms with Crippen LogP contribution in [0.15, 0.2) is 0 Å². The lowest BCUT2D eigenvalue weighted by Gasteiger charge is -2.62. The van der Waals surface area contributed by atoms with Crippen molar-refractivity contribution < 1.29 is 10.2 Å². The summed E-state index contributed by atoms with van der Waals surface area (Å²) in [6, 6.07) is 0. The predicted octanol–water partition coefficient (Wildman–Crippen LogP) is 5.02. The van der Waals surface area contributed by atoms with E-state index in [0.29, 0.717) is 28.6 Å². The van der Waals surface area contributed by atoms with Crippen molar-refractivity contribution in [2.45, 2.75) is 97.7 Å². The van der Waals surface area contributed by atoms with E-state index in [1.165, 1.54) is 38.5 Å². The summed E-state index contributed by atoms with van der Waals surface area (Å²) in [6.45, 7) is 9.89. The van der Waals surface area contributed by atoms with Gasteiger partial charge in [0, 0.05) is 0 Å². The summed E-state index contributed by atoms with van der Waals surface area (Å²) in [4.78, 5) is 0. The first-order valence-electron chi connectivity index (χ1n) is 11.2. The summed E-state index contributed by atoms with van der Waals surface area (Å²) in [5.74, 6) is 4.13. The lowest BCUT2D eigenvalue weighted by molar-refractivity contribution is -0.174. The first-order chi connectivity index (χ1) is 11.8. The van der Waals surface area contributed by atoms with Gasteiger partial charge < -0.3 is 10.2 Å². The summed E-state index contributed by atoms with van der Waals surface area (Å²) >= 11 is 0. The molecule has 0 aromatic heterocycles. The second-order valence-electron chi connectivity index (χ2n) is 10.8. The van der Waals surface area contributed by atoms with Crippen molar-refractivity contribution in [1.29, 1.82) is 0 Å². The molecular weight excluding hydrogens is 308 g/mol. The van der Waals surface area contributed by atoms with Crippen LogP contribution in [0, 0.1) is 46.3 Å². The Hall–Kier alpha value is -0.0800. The second kappa shape index (κ2) is 6.23. The minimum absolute atomic E-state index is 0.128. The number of rotatable bonds is 2. The summed E-state index contributed by atoms with van der Waals surface area (Å²) in [5.41, 5.74) is 0.813. The predicted molar refractivity (Wildman–Crippen MR) is 102 cm³/mol. The summed E-state index contributed by atoms with van der Waals surface area (Å²) in [5, 5.41) is 21.4. The van der Waals surface area contributed by atoms with E-state index in [1.54, 1.807) is 0 Å². The highest BCUT2D eigenvalue weighted by Gasteiger charge is 2.62. The molecule has 0 saturated heterocycles. The van der Waals surface area contributed by atoms with E-state index in [9.17, 15) is 10.2 Å². The van der Waals surface area contributed by atoms with Crippen LogP contribution in [0.2, 0.25) is 0 Å². The molecule has 4 aliphatic rings. The van der Waals surface area contributed by atoms with Gasteiger partial charge >= 0.3 is 0 Å². The van der Waals surface area contributed by atoms with Crippen LogP contribution in [0.1, 0.15) is 85.5 Å². The van der Waals surface area contributed by atoms with Gasteiger partial charge in [-0.2, -0.15) is 0 Å². The van der Waals surface area contributed by atoms with Crippen molar-refractivity contribution >= 4 is 0 Å². The van der Waals surface area contributed by atoms with Gasteiger partial charge in [-0.3, -0.25) is 0 Å². The molecule has 4 unspecified atom stereocenters. The molecule has 0 amide bonds. The first-order valence-corrected chi connectivity index (χ1v) is 11.2. The Bertz CT molecular complexity index is 504. The van der Waals surface area contributed by atoms with Crippen molar-refractivity contribution in [3.63, 3.8) is 0 Å². The lowest BCUT2D eigenvalue weighted by Crippen LogP contribution is -2.58. The Morgan fingerprint density at radius 1 is 0.920 bits per heavy atom. The molecular formula is C23H40O2. The lowest BCUT2D eigenvalue weighted by atomic mass is 9.43. The van der Waals surface area contributed by atoms with Crippen molar-refractivity contribution in [3.8, 4) is 0 Å². The highest BCUT2D eigenvalue weighted by Crippen LogP contribution is 2.68. The number of aliphatic hydroxyl groups excluding tert-OH is 2. The van der Waals surface area contributed by atoms with Crippen LogP contribution in [-0.2, 0) is 0 Å². The molecule has 0 spiro atoms. The van der Waals surface area contributed by atoms with Gasteiger partial charge in [0.05, 0.1) is 12.2 Å². The van der Waals surface area contributed by atoms with Crippen LogP contribution >= 0.6 is 0 Å².